The predicted molar refractivity (Wildman–Crippen MR) is 105 cm³/mol. The molecular weight excluding hydrogens is 348 g/mol. The van der Waals surface area contributed by atoms with E-state index >= 15 is 0 Å². The van der Waals surface area contributed by atoms with Gasteiger partial charge in [-0.2, -0.15) is 0 Å². The van der Waals surface area contributed by atoms with Crippen LogP contribution in [-0.2, 0) is 0 Å². The Bertz CT molecular complexity index is 1070. The lowest BCUT2D eigenvalue weighted by Gasteiger charge is -2.13. The molecule has 0 spiro atoms. The number of amides is 1. The summed E-state index contributed by atoms with van der Waals surface area (Å²) in [4.78, 5) is 23.7. The van der Waals surface area contributed by atoms with E-state index < -0.39 is 0 Å². The molecule has 7 heteroatoms. The van der Waals surface area contributed by atoms with E-state index in [0.29, 0.717) is 5.69 Å². The molecule has 0 saturated carbocycles. The van der Waals surface area contributed by atoms with Crippen molar-refractivity contribution >= 4 is 45.1 Å². The number of carbonyl (C=O) groups excluding carboxylic acids is 1. The van der Waals surface area contributed by atoms with Crippen LogP contribution in [0.5, 0.6) is 5.75 Å². The molecule has 0 radical (unpaired) electrons. The van der Waals surface area contributed by atoms with Crippen LogP contribution in [0.15, 0.2) is 52.4 Å². The van der Waals surface area contributed by atoms with Gasteiger partial charge in [0.15, 0.2) is 5.17 Å². The van der Waals surface area contributed by atoms with Crippen LogP contribution in [0.1, 0.15) is 10.5 Å². The quantitative estimate of drug-likeness (QED) is 0.743. The molecule has 0 unspecified atom stereocenters. The lowest BCUT2D eigenvalue weighted by atomic mass is 10.2. The minimum Gasteiger partial charge on any atom is -0.497 e. The van der Waals surface area contributed by atoms with Crippen molar-refractivity contribution in [2.75, 3.05) is 30.4 Å². The summed E-state index contributed by atoms with van der Waals surface area (Å²) < 4.78 is 5.23. The van der Waals surface area contributed by atoms with Crippen LogP contribution in [-0.4, -0.2) is 36.3 Å². The summed E-state index contributed by atoms with van der Waals surface area (Å²) in [6.45, 7) is 1.73. The molecule has 6 nitrogen and oxygen atoms in total. The monoisotopic (exact) mass is 364 g/mol. The van der Waals surface area contributed by atoms with Gasteiger partial charge in [0, 0.05) is 34.1 Å². The SMILES string of the molecule is COc1ccc2cc(C(=O)Nc3ccc4c(c3)N3CCN=C3S4)[nH]c2c1. The number of carbonyl (C=O) groups is 1. The number of aromatic amines is 1. The van der Waals surface area contributed by atoms with Crippen molar-refractivity contribution in [3.8, 4) is 5.75 Å². The van der Waals surface area contributed by atoms with Crippen molar-refractivity contribution < 1.29 is 9.53 Å². The number of thioether (sulfide) groups is 1. The number of anilines is 2. The molecule has 1 aromatic heterocycles. The number of fused-ring (bicyclic) bond motifs is 4. The maximum Gasteiger partial charge on any atom is 0.272 e. The van der Waals surface area contributed by atoms with Crippen molar-refractivity contribution in [2.24, 2.45) is 4.99 Å². The number of nitrogens with zero attached hydrogens (tertiary/aromatic N) is 2. The fraction of sp³-hybridized carbons (Fsp3) is 0.158. The zero-order valence-electron chi connectivity index (χ0n) is 14.1. The van der Waals surface area contributed by atoms with Gasteiger partial charge in [0.1, 0.15) is 11.4 Å². The van der Waals surface area contributed by atoms with E-state index in [2.05, 4.69) is 20.2 Å². The van der Waals surface area contributed by atoms with Crippen LogP contribution in [0.4, 0.5) is 11.4 Å². The minimum absolute atomic E-state index is 0.166. The van der Waals surface area contributed by atoms with Crippen molar-refractivity contribution in [3.63, 3.8) is 0 Å². The first-order chi connectivity index (χ1) is 12.7. The fourth-order valence-corrected chi connectivity index (χ4v) is 4.34. The van der Waals surface area contributed by atoms with E-state index in [1.807, 2.05) is 42.5 Å². The third kappa shape index (κ3) is 2.43. The topological polar surface area (TPSA) is 69.7 Å². The summed E-state index contributed by atoms with van der Waals surface area (Å²) in [6.07, 6.45) is 0. The van der Waals surface area contributed by atoms with Gasteiger partial charge in [-0.3, -0.25) is 9.79 Å². The average molecular weight is 364 g/mol. The molecule has 2 aliphatic rings. The van der Waals surface area contributed by atoms with E-state index in [0.717, 1.165) is 46.3 Å². The number of rotatable bonds is 3. The number of nitrogens with one attached hydrogen (secondary N) is 2. The highest BCUT2D eigenvalue weighted by Crippen LogP contribution is 2.43. The zero-order chi connectivity index (χ0) is 17.7. The standard InChI is InChI=1S/C19H16N4O2S/c1-25-13-4-2-11-8-15(22-14(11)10-13)18(24)21-12-3-5-17-16(9-12)23-7-6-20-19(23)26-17/h2-5,8-10,22H,6-7H2,1H3,(H,21,24). The Balaban J connectivity index is 1.41. The molecule has 1 amide bonds. The Morgan fingerprint density at radius 2 is 2.19 bits per heavy atom. The van der Waals surface area contributed by atoms with Gasteiger partial charge in [-0.05, 0) is 48.2 Å². The van der Waals surface area contributed by atoms with Gasteiger partial charge in [-0.25, -0.2) is 0 Å². The molecular formula is C19H16N4O2S. The molecule has 2 aliphatic heterocycles. The molecule has 0 atom stereocenters. The summed E-state index contributed by atoms with van der Waals surface area (Å²) in [5, 5.41) is 5.00. The Hall–Kier alpha value is -2.93. The number of aliphatic imine (C=N–C) groups is 1. The number of benzene rings is 2. The summed E-state index contributed by atoms with van der Waals surface area (Å²) in [6, 6.07) is 13.5. The van der Waals surface area contributed by atoms with Crippen LogP contribution >= 0.6 is 11.8 Å². The Labute approximate surface area is 154 Å². The summed E-state index contributed by atoms with van der Waals surface area (Å²) >= 11 is 1.68. The minimum atomic E-state index is -0.166. The molecule has 2 aromatic carbocycles. The maximum absolute atomic E-state index is 12.6. The first-order valence-electron chi connectivity index (χ1n) is 8.33. The maximum atomic E-state index is 12.6. The van der Waals surface area contributed by atoms with E-state index in [-0.39, 0.29) is 5.91 Å². The largest absolute Gasteiger partial charge is 0.497 e. The number of aromatic nitrogens is 1. The zero-order valence-corrected chi connectivity index (χ0v) is 14.9. The van der Waals surface area contributed by atoms with Crippen molar-refractivity contribution in [2.45, 2.75) is 4.90 Å². The van der Waals surface area contributed by atoms with Crippen LogP contribution in [0, 0.1) is 0 Å². The lowest BCUT2D eigenvalue weighted by molar-refractivity contribution is 0.102. The number of hydrogen-bond donors (Lipinski definition) is 2. The molecule has 3 heterocycles. The van der Waals surface area contributed by atoms with Crippen LogP contribution in [0.3, 0.4) is 0 Å². The summed E-state index contributed by atoms with van der Waals surface area (Å²) in [5.74, 6) is 0.589. The van der Waals surface area contributed by atoms with Gasteiger partial charge in [0.05, 0.1) is 19.3 Å². The first kappa shape index (κ1) is 15.3. The van der Waals surface area contributed by atoms with Gasteiger partial charge in [0.2, 0.25) is 0 Å². The highest BCUT2D eigenvalue weighted by Gasteiger charge is 2.29. The number of methoxy groups -OCH3 is 1. The Kier molecular flexibility index (Phi) is 3.43. The predicted octanol–water partition coefficient (Wildman–Crippen LogP) is 3.71. The van der Waals surface area contributed by atoms with E-state index in [1.165, 1.54) is 4.90 Å². The van der Waals surface area contributed by atoms with E-state index in [1.54, 1.807) is 18.9 Å². The summed E-state index contributed by atoms with van der Waals surface area (Å²) in [7, 11) is 1.63. The third-order valence-corrected chi connectivity index (χ3v) is 5.68. The third-order valence-electron chi connectivity index (χ3n) is 4.58. The second kappa shape index (κ2) is 5.81. The smallest absolute Gasteiger partial charge is 0.272 e. The second-order valence-electron chi connectivity index (χ2n) is 6.19. The highest BCUT2D eigenvalue weighted by molar-refractivity contribution is 8.14. The summed E-state index contributed by atoms with van der Waals surface area (Å²) in [5.41, 5.74) is 3.29. The van der Waals surface area contributed by atoms with E-state index in [9.17, 15) is 4.79 Å². The highest BCUT2D eigenvalue weighted by atomic mass is 32.2. The van der Waals surface area contributed by atoms with E-state index in [4.69, 9.17) is 4.74 Å². The molecule has 130 valence electrons. The Morgan fingerprint density at radius 1 is 1.27 bits per heavy atom. The van der Waals surface area contributed by atoms with Crippen LogP contribution in [0.2, 0.25) is 0 Å². The molecule has 0 fully saturated rings. The molecule has 3 aromatic rings. The molecule has 0 bridgehead atoms. The molecule has 5 rings (SSSR count). The van der Waals surface area contributed by atoms with Gasteiger partial charge >= 0.3 is 0 Å². The number of H-pyrrole nitrogens is 1. The molecule has 2 N–H and O–H groups in total. The van der Waals surface area contributed by atoms with Crippen molar-refractivity contribution in [3.05, 3.63) is 48.2 Å². The van der Waals surface area contributed by atoms with Crippen LogP contribution in [0.25, 0.3) is 10.9 Å². The number of ether oxygens (including phenoxy) is 1. The number of amidine groups is 1. The molecule has 0 aliphatic carbocycles. The van der Waals surface area contributed by atoms with Gasteiger partial charge in [0.25, 0.3) is 5.91 Å². The molecule has 0 saturated heterocycles. The second-order valence-corrected chi connectivity index (χ2v) is 7.20. The van der Waals surface area contributed by atoms with Crippen molar-refractivity contribution in [1.29, 1.82) is 0 Å². The fourth-order valence-electron chi connectivity index (χ4n) is 3.28. The Morgan fingerprint density at radius 3 is 3.08 bits per heavy atom. The normalized spacial score (nSPS) is 15.0. The lowest BCUT2D eigenvalue weighted by Crippen LogP contribution is -2.21. The van der Waals surface area contributed by atoms with Gasteiger partial charge in [-0.1, -0.05) is 0 Å². The first-order valence-corrected chi connectivity index (χ1v) is 9.15. The van der Waals surface area contributed by atoms with Gasteiger partial charge in [-0.15, -0.1) is 0 Å². The van der Waals surface area contributed by atoms with Crippen LogP contribution < -0.4 is 15.0 Å². The average Bonchev–Trinajstić information content (AvgIpc) is 3.35. The molecule has 26 heavy (non-hydrogen) atoms. The van der Waals surface area contributed by atoms with Gasteiger partial charge < -0.3 is 19.9 Å². The van der Waals surface area contributed by atoms with Crippen molar-refractivity contribution in [1.82, 2.24) is 4.98 Å². The number of hydrogen-bond acceptors (Lipinski definition) is 5.